The van der Waals surface area contributed by atoms with Gasteiger partial charge in [0.25, 0.3) is 5.91 Å². The predicted octanol–water partition coefficient (Wildman–Crippen LogP) is 3.35. The Hall–Kier alpha value is -3.63. The van der Waals surface area contributed by atoms with E-state index in [2.05, 4.69) is 4.90 Å². The second-order valence-corrected chi connectivity index (χ2v) is 10.7. The van der Waals surface area contributed by atoms with Crippen LogP contribution in [-0.4, -0.2) is 99.6 Å². The highest BCUT2D eigenvalue weighted by Crippen LogP contribution is 2.37. The third-order valence-electron chi connectivity index (χ3n) is 8.27. The number of amides is 2. The molecule has 2 amide bonds. The Balaban J connectivity index is 1.41. The van der Waals surface area contributed by atoms with E-state index in [4.69, 9.17) is 24.0 Å². The third-order valence-corrected chi connectivity index (χ3v) is 8.27. The summed E-state index contributed by atoms with van der Waals surface area (Å²) in [5, 5.41) is 6.40. The first-order chi connectivity index (χ1) is 20.0. The molecule has 2 aromatic rings. The summed E-state index contributed by atoms with van der Waals surface area (Å²) in [4.78, 5) is 31.5. The van der Waals surface area contributed by atoms with Crippen molar-refractivity contribution < 1.29 is 28.5 Å². The molecule has 0 radical (unpaired) electrons. The molecule has 10 heteroatoms. The lowest BCUT2D eigenvalue weighted by Gasteiger charge is -2.34. The van der Waals surface area contributed by atoms with Crippen molar-refractivity contribution in [2.75, 3.05) is 67.3 Å². The largest absolute Gasteiger partial charge is 0.497 e. The van der Waals surface area contributed by atoms with E-state index >= 15 is 0 Å². The van der Waals surface area contributed by atoms with Gasteiger partial charge < -0.3 is 23.8 Å². The van der Waals surface area contributed by atoms with Gasteiger partial charge in [-0.15, -0.1) is 0 Å². The number of benzene rings is 2. The first-order valence-electron chi connectivity index (χ1n) is 14.4. The maximum Gasteiger partial charge on any atom is 0.262 e. The van der Waals surface area contributed by atoms with Crippen molar-refractivity contribution in [3.63, 3.8) is 0 Å². The maximum absolute atomic E-state index is 14.0. The highest BCUT2D eigenvalue weighted by molar-refractivity contribution is 6.05. The molecule has 2 fully saturated rings. The van der Waals surface area contributed by atoms with Crippen molar-refractivity contribution >= 4 is 17.5 Å². The number of hydrazone groups is 1. The van der Waals surface area contributed by atoms with Gasteiger partial charge in [0.05, 0.1) is 46.3 Å². The molecule has 5 rings (SSSR count). The summed E-state index contributed by atoms with van der Waals surface area (Å²) in [6.45, 7) is 4.27. The molecule has 0 unspecified atom stereocenters. The summed E-state index contributed by atoms with van der Waals surface area (Å²) >= 11 is 0. The van der Waals surface area contributed by atoms with Crippen molar-refractivity contribution in [1.29, 1.82) is 0 Å². The number of ether oxygens (including phenoxy) is 4. The van der Waals surface area contributed by atoms with Gasteiger partial charge in [0.1, 0.15) is 23.8 Å². The third kappa shape index (κ3) is 6.65. The Morgan fingerprint density at radius 1 is 0.976 bits per heavy atom. The molecule has 220 valence electrons. The zero-order chi connectivity index (χ0) is 28.8. The van der Waals surface area contributed by atoms with Crippen LogP contribution in [0.1, 0.15) is 42.9 Å². The number of carbonyl (C=O) groups excluding carboxylic acids is 2. The summed E-state index contributed by atoms with van der Waals surface area (Å²) in [6.07, 6.45) is 3.34. The minimum Gasteiger partial charge on any atom is -0.497 e. The molecule has 2 heterocycles. The molecule has 1 aliphatic carbocycles. The molecule has 10 nitrogen and oxygen atoms in total. The van der Waals surface area contributed by atoms with Crippen LogP contribution < -0.4 is 14.2 Å². The van der Waals surface area contributed by atoms with Crippen LogP contribution in [0.3, 0.4) is 0 Å². The monoisotopic (exact) mass is 564 g/mol. The van der Waals surface area contributed by atoms with Crippen molar-refractivity contribution in [3.8, 4) is 17.2 Å². The van der Waals surface area contributed by atoms with Gasteiger partial charge in [0.15, 0.2) is 0 Å². The Morgan fingerprint density at radius 2 is 1.68 bits per heavy atom. The summed E-state index contributed by atoms with van der Waals surface area (Å²) in [5.74, 6) is 1.91. The second-order valence-electron chi connectivity index (χ2n) is 10.7. The summed E-state index contributed by atoms with van der Waals surface area (Å²) in [7, 11) is 4.84. The van der Waals surface area contributed by atoms with Gasteiger partial charge >= 0.3 is 0 Å². The van der Waals surface area contributed by atoms with Crippen LogP contribution in [-0.2, 0) is 14.3 Å². The maximum atomic E-state index is 14.0. The van der Waals surface area contributed by atoms with Crippen molar-refractivity contribution in [2.24, 2.45) is 11.0 Å². The van der Waals surface area contributed by atoms with Crippen molar-refractivity contribution in [1.82, 2.24) is 14.8 Å². The van der Waals surface area contributed by atoms with Gasteiger partial charge in [-0.05, 0) is 42.7 Å². The van der Waals surface area contributed by atoms with Crippen molar-refractivity contribution in [2.45, 2.75) is 31.7 Å². The molecule has 1 saturated carbocycles. The second kappa shape index (κ2) is 13.4. The standard InChI is InChI=1S/C31H40N4O6/c1-38-24-9-7-22(8-10-24)28-20-27(26-12-11-25(39-2)19-29(26)40-3)32-35(28)30(36)21-34(31(37)23-5-4-6-23)14-13-33-15-17-41-18-16-33/h7-12,19,23,28H,4-6,13-18,20-21H2,1-3H3/t28-/m0/s1. The highest BCUT2D eigenvalue weighted by Gasteiger charge is 2.37. The van der Waals surface area contributed by atoms with Gasteiger partial charge in [0.2, 0.25) is 5.91 Å². The summed E-state index contributed by atoms with van der Waals surface area (Å²) < 4.78 is 21.8. The fraction of sp³-hybridized carbons (Fsp3) is 0.516. The number of carbonyl (C=O) groups is 2. The van der Waals surface area contributed by atoms with E-state index in [0.717, 1.165) is 54.9 Å². The molecular formula is C31H40N4O6. The number of nitrogens with zero attached hydrogens (tertiary/aromatic N) is 4. The normalized spacial score (nSPS) is 19.3. The van der Waals surface area contributed by atoms with Crippen LogP contribution in [0.4, 0.5) is 0 Å². The molecule has 0 N–H and O–H groups in total. The van der Waals surface area contributed by atoms with E-state index in [9.17, 15) is 9.59 Å². The summed E-state index contributed by atoms with van der Waals surface area (Å²) in [5.41, 5.74) is 2.48. The lowest BCUT2D eigenvalue weighted by Crippen LogP contribution is -2.49. The first kappa shape index (κ1) is 28.9. The molecule has 41 heavy (non-hydrogen) atoms. The van der Waals surface area contributed by atoms with Crippen molar-refractivity contribution in [3.05, 3.63) is 53.6 Å². The smallest absolute Gasteiger partial charge is 0.262 e. The molecule has 0 bridgehead atoms. The summed E-state index contributed by atoms with van der Waals surface area (Å²) in [6, 6.07) is 13.0. The van der Waals surface area contributed by atoms with Gasteiger partial charge in [0, 0.05) is 50.1 Å². The fourth-order valence-corrected chi connectivity index (χ4v) is 5.53. The lowest BCUT2D eigenvalue weighted by molar-refractivity contribution is -0.145. The predicted molar refractivity (Wildman–Crippen MR) is 154 cm³/mol. The molecule has 0 aromatic heterocycles. The molecule has 3 aliphatic rings. The minimum absolute atomic E-state index is 0.00562. The zero-order valence-corrected chi connectivity index (χ0v) is 24.2. The average molecular weight is 565 g/mol. The fourth-order valence-electron chi connectivity index (χ4n) is 5.53. The number of rotatable bonds is 11. The van der Waals surface area contributed by atoms with E-state index in [0.29, 0.717) is 44.2 Å². The van der Waals surface area contributed by atoms with Crippen LogP contribution in [0.25, 0.3) is 0 Å². The van der Waals surface area contributed by atoms with E-state index in [1.165, 1.54) is 0 Å². The SMILES string of the molecule is COc1ccc([C@@H]2CC(c3ccc(OC)cc3OC)=NN2C(=O)CN(CCN2CCOCC2)C(=O)C2CCC2)cc1. The Kier molecular flexibility index (Phi) is 9.41. The number of methoxy groups -OCH3 is 3. The van der Waals surface area contributed by atoms with Gasteiger partial charge in [-0.25, -0.2) is 5.01 Å². The van der Waals surface area contributed by atoms with Gasteiger partial charge in [-0.3, -0.25) is 14.5 Å². The van der Waals surface area contributed by atoms with Crippen LogP contribution in [0.2, 0.25) is 0 Å². The van der Waals surface area contributed by atoms with Crippen LogP contribution in [0, 0.1) is 5.92 Å². The molecule has 0 spiro atoms. The van der Waals surface area contributed by atoms with Crippen LogP contribution in [0.5, 0.6) is 17.2 Å². The number of morpholine rings is 1. The Labute approximate surface area is 241 Å². The molecule has 2 aromatic carbocycles. The highest BCUT2D eigenvalue weighted by atomic mass is 16.5. The molecule has 2 aliphatic heterocycles. The Morgan fingerprint density at radius 3 is 2.32 bits per heavy atom. The lowest BCUT2D eigenvalue weighted by atomic mass is 9.84. The van der Waals surface area contributed by atoms with Crippen LogP contribution in [0.15, 0.2) is 47.6 Å². The molecule has 1 saturated heterocycles. The van der Waals surface area contributed by atoms with E-state index < -0.39 is 0 Å². The van der Waals surface area contributed by atoms with E-state index in [1.807, 2.05) is 42.5 Å². The zero-order valence-electron chi connectivity index (χ0n) is 24.2. The number of hydrogen-bond acceptors (Lipinski definition) is 8. The molecular weight excluding hydrogens is 524 g/mol. The first-order valence-corrected chi connectivity index (χ1v) is 14.4. The number of hydrogen-bond donors (Lipinski definition) is 0. The average Bonchev–Trinajstić information content (AvgIpc) is 3.44. The topological polar surface area (TPSA) is 93.1 Å². The van der Waals surface area contributed by atoms with Gasteiger partial charge in [-0.2, -0.15) is 5.10 Å². The van der Waals surface area contributed by atoms with E-state index in [-0.39, 0.29) is 30.3 Å². The Bertz CT molecular complexity index is 1240. The minimum atomic E-state index is -0.324. The van der Waals surface area contributed by atoms with Gasteiger partial charge in [-0.1, -0.05) is 18.6 Å². The van der Waals surface area contributed by atoms with Crippen LogP contribution >= 0.6 is 0 Å². The van der Waals surface area contributed by atoms with E-state index in [1.54, 1.807) is 31.2 Å². The quantitative estimate of drug-likeness (QED) is 0.413. The molecule has 1 atom stereocenters.